The highest BCUT2D eigenvalue weighted by molar-refractivity contribution is 4.88. The molecule has 5 nitrogen and oxygen atoms in total. The van der Waals surface area contributed by atoms with Crippen LogP contribution in [0.25, 0.3) is 0 Å². The van der Waals surface area contributed by atoms with Crippen LogP contribution in [-0.2, 0) is 17.6 Å². The number of aryl methyl sites for hydroxylation is 1. The topological polar surface area (TPSA) is 68.4 Å². The average Bonchev–Trinajstić information content (AvgIpc) is 2.62. The van der Waals surface area contributed by atoms with Crippen molar-refractivity contribution in [2.24, 2.45) is 0 Å². The molecule has 0 aliphatic carbocycles. The number of aromatic nitrogens is 2. The molecule has 1 aromatic heterocycles. The van der Waals surface area contributed by atoms with Gasteiger partial charge in [0, 0.05) is 26.6 Å². The van der Waals surface area contributed by atoms with Gasteiger partial charge in [-0.3, -0.25) is 0 Å². The predicted molar refractivity (Wildman–Crippen MR) is 49.9 cm³/mol. The molecule has 14 heavy (non-hydrogen) atoms. The summed E-state index contributed by atoms with van der Waals surface area (Å²) in [5, 5.41) is 12.4. The maximum atomic E-state index is 8.61. The molecular weight excluding hydrogens is 184 g/mol. The van der Waals surface area contributed by atoms with Crippen molar-refractivity contribution in [2.75, 3.05) is 13.7 Å². The van der Waals surface area contributed by atoms with Crippen LogP contribution in [0.5, 0.6) is 0 Å². The fraction of sp³-hybridized carbons (Fsp3) is 0.778. The van der Waals surface area contributed by atoms with E-state index >= 15 is 0 Å². The Morgan fingerprint density at radius 3 is 3.00 bits per heavy atom. The largest absolute Gasteiger partial charge is 0.396 e. The summed E-state index contributed by atoms with van der Waals surface area (Å²) in [5.41, 5.74) is 0. The van der Waals surface area contributed by atoms with E-state index < -0.39 is 0 Å². The molecule has 0 spiro atoms. The number of aliphatic hydroxyl groups excluding tert-OH is 1. The van der Waals surface area contributed by atoms with Gasteiger partial charge in [0.2, 0.25) is 5.89 Å². The first-order chi connectivity index (χ1) is 6.76. The smallest absolute Gasteiger partial charge is 0.226 e. The predicted octanol–water partition coefficient (Wildman–Crippen LogP) is 0.572. The first-order valence-corrected chi connectivity index (χ1v) is 4.71. The molecule has 1 atom stereocenters. The third-order valence-corrected chi connectivity index (χ3v) is 1.93. The molecule has 1 aromatic rings. The van der Waals surface area contributed by atoms with Crippen LogP contribution in [-0.4, -0.2) is 35.1 Å². The summed E-state index contributed by atoms with van der Waals surface area (Å²) in [5.74, 6) is 1.24. The highest BCUT2D eigenvalue weighted by Crippen LogP contribution is 2.04. The lowest BCUT2D eigenvalue weighted by Gasteiger charge is -2.03. The standard InChI is InChI=1S/C9H16N2O3/c1-7(13-2)6-8-10-9(14-11-8)4-3-5-12/h7,12H,3-6H2,1-2H3. The summed E-state index contributed by atoms with van der Waals surface area (Å²) in [6.07, 6.45) is 2.03. The first-order valence-electron chi connectivity index (χ1n) is 4.71. The van der Waals surface area contributed by atoms with Crippen molar-refractivity contribution in [1.29, 1.82) is 0 Å². The molecule has 1 heterocycles. The quantitative estimate of drug-likeness (QED) is 0.727. The highest BCUT2D eigenvalue weighted by Gasteiger charge is 2.09. The molecule has 0 amide bonds. The van der Waals surface area contributed by atoms with Gasteiger partial charge in [-0.1, -0.05) is 5.16 Å². The number of methoxy groups -OCH3 is 1. The zero-order valence-electron chi connectivity index (χ0n) is 8.56. The van der Waals surface area contributed by atoms with Gasteiger partial charge in [0.1, 0.15) is 0 Å². The maximum absolute atomic E-state index is 8.61. The number of rotatable bonds is 6. The average molecular weight is 200 g/mol. The van der Waals surface area contributed by atoms with E-state index in [1.54, 1.807) is 7.11 Å². The van der Waals surface area contributed by atoms with Crippen molar-refractivity contribution < 1.29 is 14.4 Å². The van der Waals surface area contributed by atoms with Gasteiger partial charge in [0.05, 0.1) is 6.10 Å². The Balaban J connectivity index is 2.42. The Kier molecular flexibility index (Phi) is 4.55. The van der Waals surface area contributed by atoms with Gasteiger partial charge in [0.15, 0.2) is 5.82 Å². The first kappa shape index (κ1) is 11.1. The van der Waals surface area contributed by atoms with Gasteiger partial charge < -0.3 is 14.4 Å². The number of ether oxygens (including phenoxy) is 1. The minimum Gasteiger partial charge on any atom is -0.396 e. The van der Waals surface area contributed by atoms with Crippen LogP contribution in [0.4, 0.5) is 0 Å². The molecule has 0 bridgehead atoms. The van der Waals surface area contributed by atoms with E-state index in [2.05, 4.69) is 10.1 Å². The SMILES string of the molecule is COC(C)Cc1noc(CCCO)n1. The second-order valence-electron chi connectivity index (χ2n) is 3.18. The number of hydrogen-bond acceptors (Lipinski definition) is 5. The van der Waals surface area contributed by atoms with Crippen LogP contribution in [0.1, 0.15) is 25.1 Å². The molecule has 1 rings (SSSR count). The lowest BCUT2D eigenvalue weighted by Crippen LogP contribution is -2.09. The zero-order valence-corrected chi connectivity index (χ0v) is 8.56. The molecule has 80 valence electrons. The lowest BCUT2D eigenvalue weighted by molar-refractivity contribution is 0.116. The number of hydrogen-bond donors (Lipinski definition) is 1. The highest BCUT2D eigenvalue weighted by atomic mass is 16.5. The summed E-state index contributed by atoms with van der Waals surface area (Å²) in [7, 11) is 1.65. The summed E-state index contributed by atoms with van der Waals surface area (Å²) in [4.78, 5) is 4.17. The van der Waals surface area contributed by atoms with E-state index in [4.69, 9.17) is 14.4 Å². The maximum Gasteiger partial charge on any atom is 0.226 e. The van der Waals surface area contributed by atoms with E-state index in [1.807, 2.05) is 6.92 Å². The minimum absolute atomic E-state index is 0.0956. The van der Waals surface area contributed by atoms with Crippen LogP contribution >= 0.6 is 0 Å². The lowest BCUT2D eigenvalue weighted by atomic mass is 10.3. The third-order valence-electron chi connectivity index (χ3n) is 1.93. The molecule has 0 fully saturated rings. The summed E-state index contributed by atoms with van der Waals surface area (Å²) >= 11 is 0. The van der Waals surface area contributed by atoms with E-state index in [-0.39, 0.29) is 12.7 Å². The fourth-order valence-corrected chi connectivity index (χ4v) is 1.05. The molecule has 0 aromatic carbocycles. The Morgan fingerprint density at radius 2 is 2.36 bits per heavy atom. The Morgan fingerprint density at radius 1 is 1.57 bits per heavy atom. The van der Waals surface area contributed by atoms with Gasteiger partial charge in [0.25, 0.3) is 0 Å². The van der Waals surface area contributed by atoms with Crippen LogP contribution in [0.3, 0.4) is 0 Å². The van der Waals surface area contributed by atoms with Gasteiger partial charge in [-0.15, -0.1) is 0 Å². The number of nitrogens with zero attached hydrogens (tertiary/aromatic N) is 2. The van der Waals surface area contributed by atoms with E-state index in [9.17, 15) is 0 Å². The van der Waals surface area contributed by atoms with Gasteiger partial charge >= 0.3 is 0 Å². The minimum atomic E-state index is 0.0956. The molecule has 0 saturated carbocycles. The Hall–Kier alpha value is -0.940. The normalized spacial score (nSPS) is 13.1. The second-order valence-corrected chi connectivity index (χ2v) is 3.18. The molecule has 0 radical (unpaired) electrons. The summed E-state index contributed by atoms with van der Waals surface area (Å²) in [6.45, 7) is 2.09. The Bertz CT molecular complexity index is 262. The van der Waals surface area contributed by atoms with E-state index in [1.165, 1.54) is 0 Å². The van der Waals surface area contributed by atoms with Crippen molar-refractivity contribution in [3.8, 4) is 0 Å². The Labute approximate surface area is 83.1 Å². The molecule has 0 aliphatic rings. The van der Waals surface area contributed by atoms with Crippen molar-refractivity contribution in [3.63, 3.8) is 0 Å². The van der Waals surface area contributed by atoms with Crippen LogP contribution < -0.4 is 0 Å². The number of aliphatic hydroxyl groups is 1. The molecule has 0 aliphatic heterocycles. The summed E-state index contributed by atoms with van der Waals surface area (Å²) < 4.78 is 10.1. The monoisotopic (exact) mass is 200 g/mol. The van der Waals surface area contributed by atoms with E-state index in [0.29, 0.717) is 31.0 Å². The van der Waals surface area contributed by atoms with Gasteiger partial charge in [-0.05, 0) is 13.3 Å². The molecule has 5 heteroatoms. The van der Waals surface area contributed by atoms with Crippen molar-refractivity contribution in [2.45, 2.75) is 32.3 Å². The van der Waals surface area contributed by atoms with Crippen LogP contribution in [0.2, 0.25) is 0 Å². The molecule has 0 saturated heterocycles. The van der Waals surface area contributed by atoms with Crippen molar-refractivity contribution >= 4 is 0 Å². The second kappa shape index (κ2) is 5.72. The third kappa shape index (κ3) is 3.43. The zero-order chi connectivity index (χ0) is 10.4. The summed E-state index contributed by atoms with van der Waals surface area (Å²) in [6, 6.07) is 0. The van der Waals surface area contributed by atoms with Gasteiger partial charge in [-0.2, -0.15) is 4.98 Å². The van der Waals surface area contributed by atoms with Crippen molar-refractivity contribution in [1.82, 2.24) is 10.1 Å². The fourth-order valence-electron chi connectivity index (χ4n) is 1.05. The van der Waals surface area contributed by atoms with Gasteiger partial charge in [-0.25, -0.2) is 0 Å². The molecular formula is C9H16N2O3. The van der Waals surface area contributed by atoms with E-state index in [0.717, 1.165) is 0 Å². The molecule has 1 N–H and O–H groups in total. The van der Waals surface area contributed by atoms with Crippen molar-refractivity contribution in [3.05, 3.63) is 11.7 Å². The van der Waals surface area contributed by atoms with Crippen LogP contribution in [0, 0.1) is 0 Å². The van der Waals surface area contributed by atoms with Crippen LogP contribution in [0.15, 0.2) is 4.52 Å². The molecule has 1 unspecified atom stereocenters.